The summed E-state index contributed by atoms with van der Waals surface area (Å²) in [6.07, 6.45) is 3.24. The second-order valence-electron chi connectivity index (χ2n) is 6.44. The van der Waals surface area contributed by atoms with Crippen molar-refractivity contribution in [3.8, 4) is 0 Å². The van der Waals surface area contributed by atoms with E-state index in [1.807, 2.05) is 18.7 Å². The molecule has 1 aliphatic heterocycles. The maximum absolute atomic E-state index is 12.2. The standard InChI is InChI=1S/C15H21N3O3/c1-9(2)17-14(19)10-5-11-7-18(8-12(11)6-10)15(20)13-3-4-16-21-13/h3-4,9-12H,5-8H2,1-2H3,(H,17,19)/t10?,11-,12+. The Balaban J connectivity index is 1.57. The number of fused-ring (bicyclic) bond motifs is 1. The van der Waals surface area contributed by atoms with Crippen LogP contribution in [-0.2, 0) is 4.79 Å². The molecule has 114 valence electrons. The fraction of sp³-hybridized carbons (Fsp3) is 0.667. The zero-order chi connectivity index (χ0) is 15.0. The van der Waals surface area contributed by atoms with Crippen molar-refractivity contribution in [3.05, 3.63) is 18.0 Å². The van der Waals surface area contributed by atoms with Crippen molar-refractivity contribution in [2.45, 2.75) is 32.7 Å². The molecule has 1 unspecified atom stereocenters. The van der Waals surface area contributed by atoms with Gasteiger partial charge in [0.15, 0.2) is 0 Å². The van der Waals surface area contributed by atoms with Crippen molar-refractivity contribution in [2.75, 3.05) is 13.1 Å². The van der Waals surface area contributed by atoms with Crippen LogP contribution in [0.15, 0.2) is 16.8 Å². The fourth-order valence-electron chi connectivity index (χ4n) is 3.56. The van der Waals surface area contributed by atoms with Gasteiger partial charge >= 0.3 is 0 Å². The van der Waals surface area contributed by atoms with Gasteiger partial charge < -0.3 is 14.7 Å². The van der Waals surface area contributed by atoms with E-state index >= 15 is 0 Å². The van der Waals surface area contributed by atoms with Gasteiger partial charge in [-0.05, 0) is 38.5 Å². The average molecular weight is 291 g/mol. The number of carbonyl (C=O) groups excluding carboxylic acids is 2. The van der Waals surface area contributed by atoms with Crippen LogP contribution in [0.25, 0.3) is 0 Å². The maximum atomic E-state index is 12.2. The summed E-state index contributed by atoms with van der Waals surface area (Å²) in [6.45, 7) is 5.39. The van der Waals surface area contributed by atoms with Gasteiger partial charge in [-0.25, -0.2) is 0 Å². The molecule has 2 fully saturated rings. The van der Waals surface area contributed by atoms with Crippen LogP contribution in [-0.4, -0.2) is 41.0 Å². The molecule has 3 rings (SSSR count). The third kappa shape index (κ3) is 2.80. The van der Waals surface area contributed by atoms with E-state index in [9.17, 15) is 9.59 Å². The first kappa shape index (κ1) is 14.1. The summed E-state index contributed by atoms with van der Waals surface area (Å²) in [6, 6.07) is 1.78. The molecule has 0 bridgehead atoms. The molecule has 1 saturated heterocycles. The Morgan fingerprint density at radius 3 is 2.52 bits per heavy atom. The van der Waals surface area contributed by atoms with Gasteiger partial charge in [-0.2, -0.15) is 0 Å². The first-order chi connectivity index (χ1) is 10.0. The summed E-state index contributed by atoms with van der Waals surface area (Å²) in [7, 11) is 0. The van der Waals surface area contributed by atoms with Crippen molar-refractivity contribution in [3.63, 3.8) is 0 Å². The monoisotopic (exact) mass is 291 g/mol. The number of likely N-dealkylation sites (tertiary alicyclic amines) is 1. The van der Waals surface area contributed by atoms with Crippen molar-refractivity contribution in [1.29, 1.82) is 0 Å². The van der Waals surface area contributed by atoms with E-state index < -0.39 is 0 Å². The van der Waals surface area contributed by atoms with Crippen molar-refractivity contribution in [2.24, 2.45) is 17.8 Å². The Bertz CT molecular complexity index is 512. The van der Waals surface area contributed by atoms with Crippen LogP contribution in [0.2, 0.25) is 0 Å². The van der Waals surface area contributed by atoms with Crippen LogP contribution in [0.3, 0.4) is 0 Å². The summed E-state index contributed by atoms with van der Waals surface area (Å²) >= 11 is 0. The molecule has 21 heavy (non-hydrogen) atoms. The molecular weight excluding hydrogens is 270 g/mol. The molecule has 1 aromatic rings. The predicted octanol–water partition coefficient (Wildman–Crippen LogP) is 1.30. The smallest absolute Gasteiger partial charge is 0.292 e. The van der Waals surface area contributed by atoms with Gasteiger partial charge in [0.2, 0.25) is 11.7 Å². The minimum Gasteiger partial charge on any atom is -0.354 e. The lowest BCUT2D eigenvalue weighted by Gasteiger charge is -2.18. The van der Waals surface area contributed by atoms with Gasteiger partial charge in [-0.15, -0.1) is 0 Å². The van der Waals surface area contributed by atoms with E-state index in [1.54, 1.807) is 6.07 Å². The third-order valence-electron chi connectivity index (χ3n) is 4.49. The quantitative estimate of drug-likeness (QED) is 0.910. The molecule has 1 N–H and O–H groups in total. The highest BCUT2D eigenvalue weighted by atomic mass is 16.5. The van der Waals surface area contributed by atoms with E-state index in [1.165, 1.54) is 6.20 Å². The summed E-state index contributed by atoms with van der Waals surface area (Å²) < 4.78 is 4.93. The van der Waals surface area contributed by atoms with E-state index in [0.29, 0.717) is 17.6 Å². The number of rotatable bonds is 3. The second kappa shape index (κ2) is 5.50. The molecule has 0 spiro atoms. The SMILES string of the molecule is CC(C)NC(=O)C1C[C@@H]2CN(C(=O)c3ccno3)C[C@@H]2C1. The summed E-state index contributed by atoms with van der Waals surface area (Å²) in [5, 5.41) is 6.56. The topological polar surface area (TPSA) is 75.4 Å². The number of aromatic nitrogens is 1. The lowest BCUT2D eigenvalue weighted by atomic mass is 10.0. The van der Waals surface area contributed by atoms with Gasteiger partial charge in [-0.1, -0.05) is 5.16 Å². The van der Waals surface area contributed by atoms with Crippen LogP contribution >= 0.6 is 0 Å². The largest absolute Gasteiger partial charge is 0.354 e. The first-order valence-electron chi connectivity index (χ1n) is 7.55. The van der Waals surface area contributed by atoms with Gasteiger partial charge in [0.05, 0.1) is 6.20 Å². The average Bonchev–Trinajstić information content (AvgIpc) is 3.12. The molecule has 2 amide bonds. The maximum Gasteiger partial charge on any atom is 0.292 e. The summed E-state index contributed by atoms with van der Waals surface area (Å²) in [5.74, 6) is 1.33. The van der Waals surface area contributed by atoms with Crippen LogP contribution in [0.1, 0.15) is 37.2 Å². The lowest BCUT2D eigenvalue weighted by molar-refractivity contribution is -0.125. The minimum atomic E-state index is -0.0925. The molecule has 2 heterocycles. The molecule has 2 aliphatic rings. The number of hydrogen-bond acceptors (Lipinski definition) is 4. The predicted molar refractivity (Wildman–Crippen MR) is 75.4 cm³/mol. The van der Waals surface area contributed by atoms with E-state index in [-0.39, 0.29) is 23.8 Å². The molecule has 0 aromatic carbocycles. The molecule has 1 saturated carbocycles. The minimum absolute atomic E-state index is 0.0925. The normalized spacial score (nSPS) is 28.0. The van der Waals surface area contributed by atoms with E-state index in [2.05, 4.69) is 10.5 Å². The molecule has 1 aromatic heterocycles. The van der Waals surface area contributed by atoms with Gasteiger partial charge in [0, 0.05) is 31.1 Å². The number of nitrogens with one attached hydrogen (secondary N) is 1. The molecule has 1 aliphatic carbocycles. The zero-order valence-corrected chi connectivity index (χ0v) is 12.4. The van der Waals surface area contributed by atoms with Crippen molar-refractivity contribution in [1.82, 2.24) is 15.4 Å². The van der Waals surface area contributed by atoms with E-state index in [0.717, 1.165) is 25.9 Å². The summed E-state index contributed by atoms with van der Waals surface area (Å²) in [4.78, 5) is 26.1. The Morgan fingerprint density at radius 1 is 1.33 bits per heavy atom. The van der Waals surface area contributed by atoms with Gasteiger partial charge in [0.1, 0.15) is 0 Å². The van der Waals surface area contributed by atoms with E-state index in [4.69, 9.17) is 4.52 Å². The van der Waals surface area contributed by atoms with Gasteiger partial charge in [0.25, 0.3) is 5.91 Å². The first-order valence-corrected chi connectivity index (χ1v) is 7.55. The van der Waals surface area contributed by atoms with Crippen molar-refractivity contribution < 1.29 is 14.1 Å². The Kier molecular flexibility index (Phi) is 3.69. The molecule has 3 atom stereocenters. The highest BCUT2D eigenvalue weighted by Gasteiger charge is 2.44. The Hall–Kier alpha value is -1.85. The van der Waals surface area contributed by atoms with Crippen LogP contribution in [0.5, 0.6) is 0 Å². The van der Waals surface area contributed by atoms with Gasteiger partial charge in [-0.3, -0.25) is 9.59 Å². The number of carbonyl (C=O) groups is 2. The number of amides is 2. The summed E-state index contributed by atoms with van der Waals surface area (Å²) in [5.41, 5.74) is 0. The third-order valence-corrected chi connectivity index (χ3v) is 4.49. The number of nitrogens with zero attached hydrogens (tertiary/aromatic N) is 2. The van der Waals surface area contributed by atoms with Crippen LogP contribution in [0.4, 0.5) is 0 Å². The zero-order valence-electron chi connectivity index (χ0n) is 12.4. The van der Waals surface area contributed by atoms with Crippen LogP contribution < -0.4 is 5.32 Å². The van der Waals surface area contributed by atoms with Crippen LogP contribution in [0, 0.1) is 17.8 Å². The van der Waals surface area contributed by atoms with Crippen molar-refractivity contribution >= 4 is 11.8 Å². The lowest BCUT2D eigenvalue weighted by Crippen LogP contribution is -2.36. The Morgan fingerprint density at radius 2 is 2.00 bits per heavy atom. The highest BCUT2D eigenvalue weighted by molar-refractivity contribution is 5.91. The fourth-order valence-corrected chi connectivity index (χ4v) is 3.56. The number of hydrogen-bond donors (Lipinski definition) is 1. The highest BCUT2D eigenvalue weighted by Crippen LogP contribution is 2.42. The molecule has 6 nitrogen and oxygen atoms in total. The molecular formula is C15H21N3O3. The Labute approximate surface area is 123 Å². The second-order valence-corrected chi connectivity index (χ2v) is 6.44. The molecule has 6 heteroatoms. The molecule has 0 radical (unpaired) electrons.